The highest BCUT2D eigenvalue weighted by Gasteiger charge is 2.29. The number of carbonyl (C=O) groups is 2. The van der Waals surface area contributed by atoms with Crippen LogP contribution < -0.4 is 15.0 Å². The van der Waals surface area contributed by atoms with Crippen LogP contribution >= 0.6 is 0 Å². The molecule has 2 amide bonds. The van der Waals surface area contributed by atoms with Crippen molar-refractivity contribution < 1.29 is 18.7 Å². The van der Waals surface area contributed by atoms with Crippen LogP contribution in [0.5, 0.6) is 5.75 Å². The van der Waals surface area contributed by atoms with Crippen LogP contribution in [-0.2, 0) is 4.79 Å². The summed E-state index contributed by atoms with van der Waals surface area (Å²) in [5.41, 5.74) is 5.20. The lowest BCUT2D eigenvalue weighted by atomic mass is 10.1. The summed E-state index contributed by atoms with van der Waals surface area (Å²) in [6.07, 6.45) is 5.56. The number of pyridine rings is 1. The largest absolute Gasteiger partial charge is 0.494 e. The lowest BCUT2D eigenvalue weighted by Crippen LogP contribution is -2.26. The molecule has 1 fully saturated rings. The molecule has 0 atom stereocenters. The third-order valence-corrected chi connectivity index (χ3v) is 6.26. The van der Waals surface area contributed by atoms with Crippen LogP contribution in [0.25, 0.3) is 16.9 Å². The summed E-state index contributed by atoms with van der Waals surface area (Å²) in [5, 5.41) is 2.95. The molecule has 4 aromatic rings. The maximum Gasteiger partial charge on any atom is 0.258 e. The van der Waals surface area contributed by atoms with Crippen molar-refractivity contribution in [2.24, 2.45) is 5.92 Å². The number of aryl methyl sites for hydroxylation is 1. The predicted octanol–water partition coefficient (Wildman–Crippen LogP) is 5.08. The molecule has 35 heavy (non-hydrogen) atoms. The number of nitrogens with zero attached hydrogens (tertiary/aromatic N) is 3. The first kappa shape index (κ1) is 22.6. The molecule has 2 heterocycles. The summed E-state index contributed by atoms with van der Waals surface area (Å²) >= 11 is 0. The fraction of sp³-hybridized carbons (Fsp3) is 0.222. The Balaban J connectivity index is 1.45. The average Bonchev–Trinajstić information content (AvgIpc) is 3.63. The number of nitrogens with one attached hydrogen (secondary N) is 1. The fourth-order valence-electron chi connectivity index (χ4n) is 4.05. The summed E-state index contributed by atoms with van der Waals surface area (Å²) in [4.78, 5) is 31.2. The number of carbonyl (C=O) groups excluding carboxylic acids is 2. The van der Waals surface area contributed by atoms with E-state index in [-0.39, 0.29) is 23.5 Å². The van der Waals surface area contributed by atoms with E-state index in [4.69, 9.17) is 4.74 Å². The molecule has 0 unspecified atom stereocenters. The number of fused-ring (bicyclic) bond motifs is 1. The average molecular weight is 473 g/mol. The molecule has 2 aromatic heterocycles. The number of ether oxygens (including phenoxy) is 1. The summed E-state index contributed by atoms with van der Waals surface area (Å²) in [6.45, 7) is 1.94. The van der Waals surface area contributed by atoms with Gasteiger partial charge in [0.1, 0.15) is 5.65 Å². The minimum atomic E-state index is -0.523. The Morgan fingerprint density at radius 2 is 1.89 bits per heavy atom. The van der Waals surface area contributed by atoms with Gasteiger partial charge in [-0.25, -0.2) is 9.37 Å². The second-order valence-electron chi connectivity index (χ2n) is 8.77. The van der Waals surface area contributed by atoms with E-state index < -0.39 is 5.82 Å². The summed E-state index contributed by atoms with van der Waals surface area (Å²) in [5.74, 6) is -0.584. The zero-order chi connectivity index (χ0) is 24.7. The summed E-state index contributed by atoms with van der Waals surface area (Å²) in [7, 11) is 3.04. The highest BCUT2D eigenvalue weighted by molar-refractivity contribution is 6.06. The van der Waals surface area contributed by atoms with Crippen molar-refractivity contribution in [2.45, 2.75) is 19.8 Å². The van der Waals surface area contributed by atoms with Gasteiger partial charge in [-0.1, -0.05) is 12.1 Å². The predicted molar refractivity (Wildman–Crippen MR) is 132 cm³/mol. The second-order valence-corrected chi connectivity index (χ2v) is 8.77. The number of methoxy groups -OCH3 is 1. The van der Waals surface area contributed by atoms with Gasteiger partial charge >= 0.3 is 0 Å². The number of imidazole rings is 1. The van der Waals surface area contributed by atoms with Crippen molar-refractivity contribution in [1.82, 2.24) is 9.38 Å². The van der Waals surface area contributed by atoms with Crippen molar-refractivity contribution in [3.63, 3.8) is 0 Å². The van der Waals surface area contributed by atoms with Crippen molar-refractivity contribution in [3.8, 4) is 17.0 Å². The summed E-state index contributed by atoms with van der Waals surface area (Å²) in [6, 6.07) is 13.6. The van der Waals surface area contributed by atoms with Gasteiger partial charge in [-0.2, -0.15) is 0 Å². The molecule has 5 rings (SSSR count). The molecule has 178 valence electrons. The maximum absolute atomic E-state index is 13.8. The van der Waals surface area contributed by atoms with Crippen LogP contribution in [0.1, 0.15) is 28.8 Å². The number of benzene rings is 2. The van der Waals surface area contributed by atoms with Gasteiger partial charge in [0.25, 0.3) is 5.91 Å². The maximum atomic E-state index is 13.8. The Morgan fingerprint density at radius 1 is 1.14 bits per heavy atom. The number of halogens is 1. The van der Waals surface area contributed by atoms with E-state index >= 15 is 0 Å². The molecular weight excluding hydrogens is 447 g/mol. The number of hydrogen-bond donors (Lipinski definition) is 1. The van der Waals surface area contributed by atoms with Crippen molar-refractivity contribution in [1.29, 1.82) is 0 Å². The number of amides is 2. The Hall–Kier alpha value is -4.20. The molecule has 0 aliphatic heterocycles. The topological polar surface area (TPSA) is 75.9 Å². The highest BCUT2D eigenvalue weighted by Crippen LogP contribution is 2.31. The van der Waals surface area contributed by atoms with E-state index in [0.717, 1.165) is 41.0 Å². The van der Waals surface area contributed by atoms with E-state index in [1.165, 1.54) is 30.2 Å². The third kappa shape index (κ3) is 4.35. The van der Waals surface area contributed by atoms with Gasteiger partial charge in [0, 0.05) is 36.0 Å². The van der Waals surface area contributed by atoms with Crippen LogP contribution in [0.3, 0.4) is 0 Å². The van der Waals surface area contributed by atoms with Crippen LogP contribution in [0.15, 0.2) is 60.9 Å². The lowest BCUT2D eigenvalue weighted by Gasteiger charge is -2.19. The number of hydrogen-bond acceptors (Lipinski definition) is 4. The smallest absolute Gasteiger partial charge is 0.258 e. The Bertz CT molecular complexity index is 1440. The van der Waals surface area contributed by atoms with E-state index in [9.17, 15) is 14.0 Å². The monoisotopic (exact) mass is 472 g/mol. The molecule has 1 aliphatic rings. The van der Waals surface area contributed by atoms with E-state index in [2.05, 4.69) is 10.3 Å². The van der Waals surface area contributed by atoms with Gasteiger partial charge in [0.05, 0.1) is 24.7 Å². The quantitative estimate of drug-likeness (QED) is 0.425. The first-order valence-electron chi connectivity index (χ1n) is 11.4. The molecule has 0 bridgehead atoms. The zero-order valence-corrected chi connectivity index (χ0v) is 19.7. The van der Waals surface area contributed by atoms with Gasteiger partial charge in [-0.05, 0) is 61.7 Å². The van der Waals surface area contributed by atoms with Crippen molar-refractivity contribution in [2.75, 3.05) is 24.4 Å². The number of aromatic nitrogens is 2. The van der Waals surface area contributed by atoms with Crippen molar-refractivity contribution >= 4 is 28.8 Å². The van der Waals surface area contributed by atoms with Gasteiger partial charge < -0.3 is 15.0 Å². The second kappa shape index (κ2) is 8.87. The Kier molecular flexibility index (Phi) is 5.72. The molecule has 2 aromatic carbocycles. The van der Waals surface area contributed by atoms with E-state index in [0.29, 0.717) is 11.3 Å². The molecule has 1 saturated carbocycles. The number of anilines is 2. The Morgan fingerprint density at radius 3 is 2.57 bits per heavy atom. The van der Waals surface area contributed by atoms with Crippen LogP contribution in [-0.4, -0.2) is 35.4 Å². The molecule has 8 heteroatoms. The summed E-state index contributed by atoms with van der Waals surface area (Å²) < 4.78 is 20.8. The van der Waals surface area contributed by atoms with Gasteiger partial charge in [0.15, 0.2) is 11.6 Å². The van der Waals surface area contributed by atoms with Crippen LogP contribution in [0.2, 0.25) is 0 Å². The van der Waals surface area contributed by atoms with Gasteiger partial charge in [-0.15, -0.1) is 0 Å². The van der Waals surface area contributed by atoms with Crippen LogP contribution in [0.4, 0.5) is 15.8 Å². The van der Waals surface area contributed by atoms with Crippen molar-refractivity contribution in [3.05, 3.63) is 77.9 Å². The minimum Gasteiger partial charge on any atom is -0.494 e. The SMILES string of the molecule is COc1cc(C(=O)N(C)c2cc(C)c3ncc(-c4ccc(NC(=O)C5CC5)cc4)n3c2)ccc1F. The molecule has 0 spiro atoms. The fourth-order valence-corrected chi connectivity index (χ4v) is 4.05. The lowest BCUT2D eigenvalue weighted by molar-refractivity contribution is -0.117. The molecule has 1 aliphatic carbocycles. The third-order valence-electron chi connectivity index (χ3n) is 6.26. The first-order valence-corrected chi connectivity index (χ1v) is 11.4. The van der Waals surface area contributed by atoms with Gasteiger partial charge in [0.2, 0.25) is 5.91 Å². The van der Waals surface area contributed by atoms with Gasteiger partial charge in [-0.3, -0.25) is 14.0 Å². The number of rotatable bonds is 6. The molecule has 0 saturated heterocycles. The Labute approximate surface area is 202 Å². The van der Waals surface area contributed by atoms with E-state index in [1.54, 1.807) is 13.2 Å². The van der Waals surface area contributed by atoms with E-state index in [1.807, 2.05) is 47.9 Å². The minimum absolute atomic E-state index is 0.0181. The standard InChI is InChI=1S/C27H25FN4O3/c1-16-12-21(31(2)27(34)19-8-11-22(28)24(13-19)35-3)15-32-23(14-29-25(16)32)17-6-9-20(10-7-17)30-26(33)18-4-5-18/h6-15,18H,4-5H2,1-3H3,(H,30,33). The zero-order valence-electron chi connectivity index (χ0n) is 19.7. The molecule has 7 nitrogen and oxygen atoms in total. The normalized spacial score (nSPS) is 13.0. The molecule has 0 radical (unpaired) electrons. The first-order chi connectivity index (χ1) is 16.9. The molecule has 1 N–H and O–H groups in total. The van der Waals surface area contributed by atoms with Crippen LogP contribution in [0, 0.1) is 18.7 Å². The molecular formula is C27H25FN4O3. The highest BCUT2D eigenvalue weighted by atomic mass is 19.1.